The molecule has 0 aromatic heterocycles. The van der Waals surface area contributed by atoms with Crippen LogP contribution in [0.3, 0.4) is 0 Å². The molecule has 80 valence electrons. The van der Waals surface area contributed by atoms with Crippen molar-refractivity contribution in [2.45, 2.75) is 19.9 Å². The fourth-order valence-electron chi connectivity index (χ4n) is 1.25. The van der Waals surface area contributed by atoms with E-state index in [9.17, 15) is 0 Å². The average Bonchev–Trinajstić information content (AvgIpc) is 2.18. The van der Waals surface area contributed by atoms with Crippen molar-refractivity contribution in [2.24, 2.45) is 5.73 Å². The molecule has 0 aliphatic carbocycles. The first-order chi connectivity index (χ1) is 7.11. The molecule has 2 heteroatoms. The van der Waals surface area contributed by atoms with Gasteiger partial charge in [-0.25, -0.2) is 0 Å². The fourth-order valence-corrected chi connectivity index (χ4v) is 1.25. The standard InChI is InChI=1S/C10H9N.C3H9N/c11-10-7-3-5-8-4-1-2-6-9(8)10;1-3(2)4/h1-7H,11H2;3H,4H2,1-2H3. The molecular weight excluding hydrogens is 184 g/mol. The van der Waals surface area contributed by atoms with Crippen LogP contribution in [0.4, 0.5) is 5.69 Å². The molecule has 0 aliphatic rings. The van der Waals surface area contributed by atoms with E-state index in [0.29, 0.717) is 6.04 Å². The Bertz CT molecular complexity index is 414. The van der Waals surface area contributed by atoms with E-state index in [4.69, 9.17) is 11.5 Å². The summed E-state index contributed by atoms with van der Waals surface area (Å²) in [5, 5.41) is 2.34. The molecule has 4 N–H and O–H groups in total. The second-order valence-corrected chi connectivity index (χ2v) is 3.81. The molecule has 0 saturated heterocycles. The van der Waals surface area contributed by atoms with Crippen LogP contribution in [0.2, 0.25) is 0 Å². The van der Waals surface area contributed by atoms with E-state index < -0.39 is 0 Å². The monoisotopic (exact) mass is 202 g/mol. The van der Waals surface area contributed by atoms with Gasteiger partial charge in [0.2, 0.25) is 0 Å². The highest BCUT2D eigenvalue weighted by Crippen LogP contribution is 2.19. The number of hydrogen-bond acceptors (Lipinski definition) is 2. The van der Waals surface area contributed by atoms with Gasteiger partial charge in [0.1, 0.15) is 0 Å². The molecule has 0 aliphatic heterocycles. The number of rotatable bonds is 0. The molecule has 0 spiro atoms. The maximum Gasteiger partial charge on any atom is 0.0393 e. The first kappa shape index (κ1) is 11.5. The summed E-state index contributed by atoms with van der Waals surface area (Å²) in [6.45, 7) is 3.89. The van der Waals surface area contributed by atoms with Gasteiger partial charge in [-0.2, -0.15) is 0 Å². The van der Waals surface area contributed by atoms with Crippen molar-refractivity contribution < 1.29 is 0 Å². The van der Waals surface area contributed by atoms with E-state index in [1.807, 2.05) is 44.2 Å². The Morgan fingerprint density at radius 3 is 2.07 bits per heavy atom. The molecule has 0 bridgehead atoms. The zero-order valence-electron chi connectivity index (χ0n) is 9.27. The Labute approximate surface area is 90.9 Å². The van der Waals surface area contributed by atoms with Gasteiger partial charge in [0.15, 0.2) is 0 Å². The molecule has 0 heterocycles. The number of nitrogen functional groups attached to an aromatic ring is 1. The van der Waals surface area contributed by atoms with E-state index in [2.05, 4.69) is 12.1 Å². The van der Waals surface area contributed by atoms with Gasteiger partial charge in [-0.3, -0.25) is 0 Å². The van der Waals surface area contributed by atoms with E-state index >= 15 is 0 Å². The molecule has 0 saturated carbocycles. The Kier molecular flexibility index (Phi) is 4.13. The van der Waals surface area contributed by atoms with Crippen LogP contribution in [0.5, 0.6) is 0 Å². The van der Waals surface area contributed by atoms with Gasteiger partial charge in [-0.1, -0.05) is 50.2 Å². The summed E-state index contributed by atoms with van der Waals surface area (Å²) >= 11 is 0. The Morgan fingerprint density at radius 2 is 1.47 bits per heavy atom. The predicted octanol–water partition coefficient (Wildman–Crippen LogP) is 2.78. The van der Waals surface area contributed by atoms with Gasteiger partial charge in [0.25, 0.3) is 0 Å². The Morgan fingerprint density at radius 1 is 0.933 bits per heavy atom. The van der Waals surface area contributed by atoms with Crippen LogP contribution in [0.15, 0.2) is 42.5 Å². The van der Waals surface area contributed by atoms with E-state index in [0.717, 1.165) is 11.1 Å². The SMILES string of the molecule is CC(C)N.Nc1cccc2ccccc12. The molecule has 2 nitrogen and oxygen atoms in total. The van der Waals surface area contributed by atoms with Crippen molar-refractivity contribution in [3.63, 3.8) is 0 Å². The van der Waals surface area contributed by atoms with E-state index in [1.165, 1.54) is 5.39 Å². The summed E-state index contributed by atoms with van der Waals surface area (Å²) in [5.41, 5.74) is 11.7. The number of anilines is 1. The zero-order chi connectivity index (χ0) is 11.3. The van der Waals surface area contributed by atoms with E-state index in [-0.39, 0.29) is 0 Å². The largest absolute Gasteiger partial charge is 0.398 e. The van der Waals surface area contributed by atoms with Crippen molar-refractivity contribution in [1.82, 2.24) is 0 Å². The molecule has 0 unspecified atom stereocenters. The van der Waals surface area contributed by atoms with Crippen LogP contribution in [-0.2, 0) is 0 Å². The molecular formula is C13H18N2. The molecule has 2 aromatic rings. The lowest BCUT2D eigenvalue weighted by molar-refractivity contribution is 0.834. The van der Waals surface area contributed by atoms with Gasteiger partial charge in [0, 0.05) is 11.1 Å². The van der Waals surface area contributed by atoms with Gasteiger partial charge in [0.05, 0.1) is 0 Å². The lowest BCUT2D eigenvalue weighted by Gasteiger charge is -1.98. The van der Waals surface area contributed by atoms with Crippen LogP contribution in [0.25, 0.3) is 10.8 Å². The number of fused-ring (bicyclic) bond motifs is 1. The molecule has 2 rings (SSSR count). The summed E-state index contributed by atoms with van der Waals surface area (Å²) < 4.78 is 0. The highest BCUT2D eigenvalue weighted by molar-refractivity contribution is 5.92. The topological polar surface area (TPSA) is 52.0 Å². The highest BCUT2D eigenvalue weighted by atomic mass is 14.6. The van der Waals surface area contributed by atoms with Crippen molar-refractivity contribution in [3.05, 3.63) is 42.5 Å². The van der Waals surface area contributed by atoms with Crippen LogP contribution in [0.1, 0.15) is 13.8 Å². The van der Waals surface area contributed by atoms with Gasteiger partial charge in [-0.15, -0.1) is 0 Å². The minimum Gasteiger partial charge on any atom is -0.398 e. The maximum atomic E-state index is 5.76. The maximum absolute atomic E-state index is 5.76. The second kappa shape index (κ2) is 5.37. The number of nitrogens with two attached hydrogens (primary N) is 2. The van der Waals surface area contributed by atoms with Gasteiger partial charge < -0.3 is 11.5 Å². The van der Waals surface area contributed by atoms with Crippen molar-refractivity contribution in [1.29, 1.82) is 0 Å². The van der Waals surface area contributed by atoms with Crippen LogP contribution in [0, 0.1) is 0 Å². The Hall–Kier alpha value is -1.54. The Balaban J connectivity index is 0.000000245. The predicted molar refractivity (Wildman–Crippen MR) is 67.7 cm³/mol. The normalized spacial score (nSPS) is 9.87. The fraction of sp³-hybridized carbons (Fsp3) is 0.231. The van der Waals surface area contributed by atoms with Crippen molar-refractivity contribution >= 4 is 16.5 Å². The van der Waals surface area contributed by atoms with E-state index in [1.54, 1.807) is 0 Å². The summed E-state index contributed by atoms with van der Waals surface area (Å²) in [6.07, 6.45) is 0. The van der Waals surface area contributed by atoms with Gasteiger partial charge >= 0.3 is 0 Å². The van der Waals surface area contributed by atoms with Crippen molar-refractivity contribution in [2.75, 3.05) is 5.73 Å². The first-order valence-corrected chi connectivity index (χ1v) is 5.10. The molecule has 0 radical (unpaired) electrons. The molecule has 2 aromatic carbocycles. The quantitative estimate of drug-likeness (QED) is 0.645. The lowest BCUT2D eigenvalue weighted by Crippen LogP contribution is -2.06. The van der Waals surface area contributed by atoms with Crippen LogP contribution >= 0.6 is 0 Å². The smallest absolute Gasteiger partial charge is 0.0393 e. The van der Waals surface area contributed by atoms with Crippen LogP contribution in [-0.4, -0.2) is 6.04 Å². The minimum atomic E-state index is 0.333. The summed E-state index contributed by atoms with van der Waals surface area (Å²) in [5.74, 6) is 0. The zero-order valence-corrected chi connectivity index (χ0v) is 9.27. The third-order valence-electron chi connectivity index (χ3n) is 1.82. The third-order valence-corrected chi connectivity index (χ3v) is 1.82. The first-order valence-electron chi connectivity index (χ1n) is 5.10. The highest BCUT2D eigenvalue weighted by Gasteiger charge is 1.92. The van der Waals surface area contributed by atoms with Gasteiger partial charge in [-0.05, 0) is 17.5 Å². The molecule has 0 amide bonds. The minimum absolute atomic E-state index is 0.333. The van der Waals surface area contributed by atoms with Crippen molar-refractivity contribution in [3.8, 4) is 0 Å². The summed E-state index contributed by atoms with van der Waals surface area (Å²) in [4.78, 5) is 0. The third kappa shape index (κ3) is 3.60. The average molecular weight is 202 g/mol. The summed E-state index contributed by atoms with van der Waals surface area (Å²) in [7, 11) is 0. The number of hydrogen-bond donors (Lipinski definition) is 2. The number of benzene rings is 2. The second-order valence-electron chi connectivity index (χ2n) is 3.81. The molecule has 0 fully saturated rings. The molecule has 0 atom stereocenters. The lowest BCUT2D eigenvalue weighted by atomic mass is 10.1. The van der Waals surface area contributed by atoms with Crippen LogP contribution < -0.4 is 11.5 Å². The summed E-state index contributed by atoms with van der Waals surface area (Å²) in [6, 6.07) is 14.4. The molecule has 15 heavy (non-hydrogen) atoms.